The van der Waals surface area contributed by atoms with Gasteiger partial charge >= 0.3 is 0 Å². The van der Waals surface area contributed by atoms with Gasteiger partial charge in [-0.3, -0.25) is 9.48 Å². The second-order valence-electron chi connectivity index (χ2n) is 9.52. The van der Waals surface area contributed by atoms with Crippen molar-refractivity contribution in [2.75, 3.05) is 12.4 Å². The molecule has 7 nitrogen and oxygen atoms in total. The number of nitrogens with zero attached hydrogens (tertiary/aromatic N) is 3. The van der Waals surface area contributed by atoms with Crippen LogP contribution in [0.25, 0.3) is 10.9 Å². The van der Waals surface area contributed by atoms with Crippen molar-refractivity contribution in [3.8, 4) is 5.75 Å². The molecule has 174 valence electrons. The number of fused-ring (bicyclic) bond motifs is 1. The molecule has 0 unspecified atom stereocenters. The Kier molecular flexibility index (Phi) is 6.49. The third-order valence-electron chi connectivity index (χ3n) is 6.96. The first-order valence-electron chi connectivity index (χ1n) is 11.7. The lowest BCUT2D eigenvalue weighted by molar-refractivity contribution is -0.112. The van der Waals surface area contributed by atoms with Crippen molar-refractivity contribution in [3.05, 3.63) is 47.9 Å². The molecule has 2 aromatic heterocycles. The van der Waals surface area contributed by atoms with Crippen LogP contribution in [0.2, 0.25) is 0 Å². The lowest BCUT2D eigenvalue weighted by Gasteiger charge is -2.25. The number of carbonyl (C=O) groups excluding carboxylic acids is 2. The molecule has 0 saturated heterocycles. The minimum atomic E-state index is -0.277. The number of amides is 1. The van der Waals surface area contributed by atoms with E-state index in [0.29, 0.717) is 17.1 Å². The Bertz CT molecular complexity index is 1160. The number of rotatable bonds is 7. The molecule has 0 radical (unpaired) electrons. The van der Waals surface area contributed by atoms with Gasteiger partial charge in [0.2, 0.25) is 0 Å². The van der Waals surface area contributed by atoms with Gasteiger partial charge in [0.05, 0.1) is 24.4 Å². The molecular formula is C26H32N4O3. The van der Waals surface area contributed by atoms with Gasteiger partial charge in [0.25, 0.3) is 5.91 Å². The Balaban J connectivity index is 1.58. The fourth-order valence-electron chi connectivity index (χ4n) is 4.33. The van der Waals surface area contributed by atoms with Crippen molar-refractivity contribution in [3.63, 3.8) is 0 Å². The number of methoxy groups -OCH3 is 1. The third-order valence-corrected chi connectivity index (χ3v) is 6.96. The van der Waals surface area contributed by atoms with E-state index < -0.39 is 0 Å². The molecule has 1 aliphatic carbocycles. The van der Waals surface area contributed by atoms with Crippen LogP contribution in [-0.2, 0) is 10.2 Å². The van der Waals surface area contributed by atoms with E-state index in [1.807, 2.05) is 35.1 Å². The monoisotopic (exact) mass is 448 g/mol. The van der Waals surface area contributed by atoms with Gasteiger partial charge in [-0.05, 0) is 50.3 Å². The van der Waals surface area contributed by atoms with Crippen LogP contribution in [0.3, 0.4) is 0 Å². The first kappa shape index (κ1) is 23.0. The van der Waals surface area contributed by atoms with E-state index in [9.17, 15) is 9.59 Å². The summed E-state index contributed by atoms with van der Waals surface area (Å²) in [4.78, 5) is 28.7. The highest BCUT2D eigenvalue weighted by molar-refractivity contribution is 6.05. The minimum Gasteiger partial charge on any atom is -0.494 e. The molecule has 1 aromatic carbocycles. The molecule has 1 aliphatic rings. The maximum absolute atomic E-state index is 13.0. The summed E-state index contributed by atoms with van der Waals surface area (Å²) in [6.07, 6.45) is 7.69. The van der Waals surface area contributed by atoms with Crippen molar-refractivity contribution < 1.29 is 14.3 Å². The predicted octanol–water partition coefficient (Wildman–Crippen LogP) is 5.31. The first-order valence-corrected chi connectivity index (χ1v) is 11.7. The highest BCUT2D eigenvalue weighted by Crippen LogP contribution is 2.34. The van der Waals surface area contributed by atoms with E-state index in [1.54, 1.807) is 13.2 Å². The van der Waals surface area contributed by atoms with Gasteiger partial charge in [-0.2, -0.15) is 5.10 Å². The number of pyridine rings is 1. The lowest BCUT2D eigenvalue weighted by Crippen LogP contribution is -2.21. The van der Waals surface area contributed by atoms with Crippen molar-refractivity contribution >= 4 is 28.8 Å². The van der Waals surface area contributed by atoms with E-state index in [4.69, 9.17) is 9.84 Å². The topological polar surface area (TPSA) is 86.1 Å². The average molecular weight is 449 g/mol. The first-order chi connectivity index (χ1) is 15.8. The number of hydrogen-bond donors (Lipinski definition) is 1. The fraction of sp³-hybridized carbons (Fsp3) is 0.462. The number of carbonyl (C=O) groups is 2. The highest BCUT2D eigenvalue weighted by Gasteiger charge is 2.24. The summed E-state index contributed by atoms with van der Waals surface area (Å²) in [5.41, 5.74) is 2.56. The molecule has 0 spiro atoms. The highest BCUT2D eigenvalue weighted by atomic mass is 16.5. The molecule has 1 amide bonds. The quantitative estimate of drug-likeness (QED) is 0.495. The van der Waals surface area contributed by atoms with E-state index in [1.165, 1.54) is 0 Å². The van der Waals surface area contributed by atoms with Gasteiger partial charge in [-0.1, -0.05) is 26.8 Å². The van der Waals surface area contributed by atoms with Crippen molar-refractivity contribution in [1.82, 2.24) is 14.8 Å². The second kappa shape index (κ2) is 9.33. The molecule has 1 N–H and O–H groups in total. The molecular weight excluding hydrogens is 416 g/mol. The Labute approximate surface area is 194 Å². The van der Waals surface area contributed by atoms with Gasteiger partial charge in [-0.15, -0.1) is 0 Å². The smallest absolute Gasteiger partial charge is 0.274 e. The number of ether oxygens (including phenoxy) is 1. The molecule has 1 fully saturated rings. The van der Waals surface area contributed by atoms with Crippen molar-refractivity contribution in [2.45, 2.75) is 64.3 Å². The Hall–Kier alpha value is -3.22. The van der Waals surface area contributed by atoms with Crippen molar-refractivity contribution in [1.29, 1.82) is 0 Å². The summed E-state index contributed by atoms with van der Waals surface area (Å²) in [5, 5.41) is 8.64. The molecule has 33 heavy (non-hydrogen) atoms. The van der Waals surface area contributed by atoms with Crippen LogP contribution in [0.4, 0.5) is 5.69 Å². The van der Waals surface area contributed by atoms with E-state index in [-0.39, 0.29) is 23.3 Å². The maximum Gasteiger partial charge on any atom is 0.274 e. The predicted molar refractivity (Wildman–Crippen MR) is 129 cm³/mol. The number of hydrogen-bond acceptors (Lipinski definition) is 5. The average Bonchev–Trinajstić information content (AvgIpc) is 3.26. The van der Waals surface area contributed by atoms with Gasteiger partial charge in [0.1, 0.15) is 17.7 Å². The van der Waals surface area contributed by atoms with Crippen molar-refractivity contribution in [2.24, 2.45) is 5.92 Å². The SMILES string of the molecule is CCC(C)(C)c1cccc(C(=O)Nc2cc3cn([C@H]4CC[C@H](C=O)CC4)nc3cc2OC)n1. The molecule has 0 aliphatic heterocycles. The molecule has 4 rings (SSSR count). The number of nitrogens with one attached hydrogen (secondary N) is 1. The van der Waals surface area contributed by atoms with Crippen LogP contribution >= 0.6 is 0 Å². The zero-order valence-electron chi connectivity index (χ0n) is 19.8. The van der Waals surface area contributed by atoms with E-state index in [2.05, 4.69) is 31.1 Å². The molecule has 0 bridgehead atoms. The standard InChI is InChI=1S/C26H32N4O3/c1-5-26(2,3)24-8-6-7-20(27-24)25(32)28-22-13-18-15-30(29-21(18)14-23(22)33-4)19-11-9-17(16-31)10-12-19/h6-8,13-17,19H,5,9-12H2,1-4H3,(H,28,32)/t17-,19-. The van der Waals surface area contributed by atoms with E-state index >= 15 is 0 Å². The summed E-state index contributed by atoms with van der Waals surface area (Å²) in [7, 11) is 1.58. The van der Waals surface area contributed by atoms with Gasteiger partial charge in [-0.25, -0.2) is 4.98 Å². The summed E-state index contributed by atoms with van der Waals surface area (Å²) in [6.45, 7) is 6.36. The van der Waals surface area contributed by atoms with Gasteiger partial charge < -0.3 is 14.8 Å². The minimum absolute atomic E-state index is 0.105. The number of aromatic nitrogens is 3. The summed E-state index contributed by atoms with van der Waals surface area (Å²) >= 11 is 0. The van der Waals surface area contributed by atoms with Crippen LogP contribution in [0.15, 0.2) is 36.5 Å². The van der Waals surface area contributed by atoms with Gasteiger partial charge in [0, 0.05) is 34.7 Å². The molecule has 1 saturated carbocycles. The van der Waals surface area contributed by atoms with Crippen LogP contribution < -0.4 is 10.1 Å². The van der Waals surface area contributed by atoms with Crippen LogP contribution in [-0.4, -0.2) is 34.1 Å². The van der Waals surface area contributed by atoms with Crippen LogP contribution in [0.5, 0.6) is 5.75 Å². The maximum atomic E-state index is 13.0. The fourth-order valence-corrected chi connectivity index (χ4v) is 4.33. The zero-order chi connectivity index (χ0) is 23.6. The molecule has 2 heterocycles. The van der Waals surface area contributed by atoms with Crippen LogP contribution in [0, 0.1) is 5.92 Å². The normalized spacial score (nSPS) is 18.8. The number of aldehydes is 1. The summed E-state index contributed by atoms with van der Waals surface area (Å²) in [5.74, 6) is 0.444. The van der Waals surface area contributed by atoms with Crippen LogP contribution in [0.1, 0.15) is 75.1 Å². The molecule has 0 atom stereocenters. The Morgan fingerprint density at radius 3 is 2.67 bits per heavy atom. The Morgan fingerprint density at radius 1 is 1.24 bits per heavy atom. The number of benzene rings is 1. The molecule has 3 aromatic rings. The lowest BCUT2D eigenvalue weighted by atomic mass is 9.86. The largest absolute Gasteiger partial charge is 0.494 e. The summed E-state index contributed by atoms with van der Waals surface area (Å²) < 4.78 is 7.54. The summed E-state index contributed by atoms with van der Waals surface area (Å²) in [6, 6.07) is 9.59. The third kappa shape index (κ3) is 4.77. The second-order valence-corrected chi connectivity index (χ2v) is 9.52. The number of anilines is 1. The van der Waals surface area contributed by atoms with E-state index in [0.717, 1.165) is 55.0 Å². The zero-order valence-corrected chi connectivity index (χ0v) is 19.8. The van der Waals surface area contributed by atoms with Gasteiger partial charge in [0.15, 0.2) is 0 Å². The Morgan fingerprint density at radius 2 is 2.00 bits per heavy atom. The molecule has 7 heteroatoms.